The summed E-state index contributed by atoms with van der Waals surface area (Å²) in [5, 5.41) is 15.3. The molecule has 2 aromatic carbocycles. The summed E-state index contributed by atoms with van der Waals surface area (Å²) in [4.78, 5) is 19.5. The van der Waals surface area contributed by atoms with E-state index in [2.05, 4.69) is 71.5 Å². The number of aliphatic hydroxyl groups is 1. The molecule has 0 atom stereocenters. The first-order valence-electron chi connectivity index (χ1n) is 10.8. The highest BCUT2D eigenvalue weighted by atomic mass is 32.1. The van der Waals surface area contributed by atoms with E-state index in [4.69, 9.17) is 0 Å². The molecule has 0 saturated carbocycles. The number of aliphatic hydroxyl groups excluding tert-OH is 1. The number of aromatic nitrogens is 1. The fourth-order valence-electron chi connectivity index (χ4n) is 3.93. The normalized spacial score (nSPS) is 15.2. The molecule has 1 aromatic heterocycles. The van der Waals surface area contributed by atoms with E-state index < -0.39 is 0 Å². The lowest BCUT2D eigenvalue weighted by atomic mass is 10.1. The van der Waals surface area contributed by atoms with Crippen LogP contribution in [0.2, 0.25) is 0 Å². The Balaban J connectivity index is 1.31. The lowest BCUT2D eigenvalue weighted by Crippen LogP contribution is -2.35. The third-order valence-corrected chi connectivity index (χ3v) is 6.66. The van der Waals surface area contributed by atoms with E-state index in [0.29, 0.717) is 12.2 Å². The standard InChI is InChI=1S/C25H29N3O2S/c1-17-3-8-22(18(2)13-17)25-27-23(16-31-25)24(30)26-14-19-4-6-20(7-5-19)15-28-11-9-21(29)10-12-28/h3-8,13,16,21,29H,9-12,14-15H2,1-2H3,(H,26,30). The maximum atomic E-state index is 12.6. The molecule has 2 N–H and O–H groups in total. The Morgan fingerprint density at radius 3 is 2.55 bits per heavy atom. The highest BCUT2D eigenvalue weighted by Gasteiger charge is 2.17. The zero-order valence-electron chi connectivity index (χ0n) is 18.1. The SMILES string of the molecule is Cc1ccc(-c2nc(C(=O)NCc3ccc(CN4CCC(O)CC4)cc3)cs2)c(C)c1. The summed E-state index contributed by atoms with van der Waals surface area (Å²) in [5.74, 6) is -0.150. The third kappa shape index (κ3) is 5.58. The fraction of sp³-hybridized carbons (Fsp3) is 0.360. The minimum Gasteiger partial charge on any atom is -0.393 e. The van der Waals surface area contributed by atoms with Gasteiger partial charge in [-0.25, -0.2) is 4.98 Å². The summed E-state index contributed by atoms with van der Waals surface area (Å²) < 4.78 is 0. The van der Waals surface area contributed by atoms with Crippen LogP contribution in [-0.2, 0) is 13.1 Å². The van der Waals surface area contributed by atoms with E-state index in [1.54, 1.807) is 0 Å². The van der Waals surface area contributed by atoms with Crippen LogP contribution in [0.1, 0.15) is 45.6 Å². The molecule has 0 aliphatic carbocycles. The van der Waals surface area contributed by atoms with Gasteiger partial charge in [0.25, 0.3) is 5.91 Å². The number of hydrogen-bond donors (Lipinski definition) is 2. The van der Waals surface area contributed by atoms with E-state index in [0.717, 1.165) is 48.6 Å². The molecular weight excluding hydrogens is 406 g/mol. The zero-order valence-corrected chi connectivity index (χ0v) is 18.9. The second kappa shape index (κ2) is 9.73. The number of nitrogens with one attached hydrogen (secondary N) is 1. The topological polar surface area (TPSA) is 65.5 Å². The van der Waals surface area contributed by atoms with Gasteiger partial charge in [0, 0.05) is 37.1 Å². The maximum absolute atomic E-state index is 12.6. The van der Waals surface area contributed by atoms with Crippen LogP contribution in [0, 0.1) is 13.8 Å². The Bertz CT molecular complexity index is 1040. The first-order chi connectivity index (χ1) is 15.0. The number of benzene rings is 2. The lowest BCUT2D eigenvalue weighted by Gasteiger charge is -2.29. The number of hydrogen-bond acceptors (Lipinski definition) is 5. The first-order valence-corrected chi connectivity index (χ1v) is 11.7. The molecule has 1 fully saturated rings. The second-order valence-electron chi connectivity index (χ2n) is 8.36. The highest BCUT2D eigenvalue weighted by Crippen LogP contribution is 2.27. The van der Waals surface area contributed by atoms with E-state index in [9.17, 15) is 9.90 Å². The van der Waals surface area contributed by atoms with Gasteiger partial charge in [-0.15, -0.1) is 11.3 Å². The Hall–Kier alpha value is -2.54. The van der Waals surface area contributed by atoms with E-state index in [1.807, 2.05) is 5.38 Å². The van der Waals surface area contributed by atoms with Gasteiger partial charge >= 0.3 is 0 Å². The summed E-state index contributed by atoms with van der Waals surface area (Å²) in [5.41, 5.74) is 6.25. The van der Waals surface area contributed by atoms with Crippen LogP contribution < -0.4 is 5.32 Å². The predicted octanol–water partition coefficient (Wildman–Crippen LogP) is 4.31. The van der Waals surface area contributed by atoms with Gasteiger partial charge in [-0.05, 0) is 43.4 Å². The van der Waals surface area contributed by atoms with Crippen LogP contribution in [0.25, 0.3) is 10.6 Å². The summed E-state index contributed by atoms with van der Waals surface area (Å²) in [7, 11) is 0. The molecule has 0 radical (unpaired) electrons. The third-order valence-electron chi connectivity index (χ3n) is 5.79. The van der Waals surface area contributed by atoms with Crippen molar-refractivity contribution in [3.8, 4) is 10.6 Å². The molecule has 3 aromatic rings. The maximum Gasteiger partial charge on any atom is 0.271 e. The van der Waals surface area contributed by atoms with Crippen molar-refractivity contribution in [2.75, 3.05) is 13.1 Å². The van der Waals surface area contributed by atoms with Gasteiger partial charge < -0.3 is 10.4 Å². The van der Waals surface area contributed by atoms with Gasteiger partial charge in [0.1, 0.15) is 10.7 Å². The Morgan fingerprint density at radius 1 is 1.13 bits per heavy atom. The summed E-state index contributed by atoms with van der Waals surface area (Å²) in [6, 6.07) is 14.6. The van der Waals surface area contributed by atoms with Crippen molar-refractivity contribution in [2.45, 2.75) is 45.9 Å². The van der Waals surface area contributed by atoms with E-state index >= 15 is 0 Å². The van der Waals surface area contributed by atoms with Gasteiger partial charge in [-0.1, -0.05) is 48.0 Å². The van der Waals surface area contributed by atoms with E-state index in [1.165, 1.54) is 28.0 Å². The number of nitrogens with zero attached hydrogens (tertiary/aromatic N) is 2. The smallest absolute Gasteiger partial charge is 0.271 e. The van der Waals surface area contributed by atoms with Crippen LogP contribution in [-0.4, -0.2) is 40.1 Å². The average Bonchev–Trinajstić information content (AvgIpc) is 3.25. The molecule has 162 valence electrons. The quantitative estimate of drug-likeness (QED) is 0.605. The summed E-state index contributed by atoms with van der Waals surface area (Å²) >= 11 is 1.50. The molecule has 31 heavy (non-hydrogen) atoms. The molecule has 0 unspecified atom stereocenters. The average molecular weight is 436 g/mol. The first kappa shape index (κ1) is 21.7. The molecule has 1 aliphatic heterocycles. The molecule has 1 aliphatic rings. The van der Waals surface area contributed by atoms with Crippen molar-refractivity contribution in [1.29, 1.82) is 0 Å². The van der Waals surface area contributed by atoms with Gasteiger partial charge in [-0.2, -0.15) is 0 Å². The van der Waals surface area contributed by atoms with Crippen molar-refractivity contribution in [1.82, 2.24) is 15.2 Å². The molecule has 6 heteroatoms. The van der Waals surface area contributed by atoms with Crippen LogP contribution in [0.3, 0.4) is 0 Å². The number of amides is 1. The highest BCUT2D eigenvalue weighted by molar-refractivity contribution is 7.13. The monoisotopic (exact) mass is 435 g/mol. The van der Waals surface area contributed by atoms with Crippen LogP contribution in [0.4, 0.5) is 0 Å². The molecular formula is C25H29N3O2S. The van der Waals surface area contributed by atoms with Crippen molar-refractivity contribution in [2.24, 2.45) is 0 Å². The lowest BCUT2D eigenvalue weighted by molar-refractivity contribution is 0.0792. The van der Waals surface area contributed by atoms with E-state index in [-0.39, 0.29) is 12.0 Å². The number of likely N-dealkylation sites (tertiary alicyclic amines) is 1. The number of aryl methyl sites for hydroxylation is 2. The number of rotatable bonds is 6. The number of piperidine rings is 1. The number of carbonyl (C=O) groups excluding carboxylic acids is 1. The van der Waals surface area contributed by atoms with Crippen molar-refractivity contribution >= 4 is 17.2 Å². The minimum atomic E-state index is -0.150. The van der Waals surface area contributed by atoms with Crippen LogP contribution in [0.15, 0.2) is 47.8 Å². The zero-order chi connectivity index (χ0) is 21.8. The van der Waals surface area contributed by atoms with Gasteiger partial charge in [-0.3, -0.25) is 9.69 Å². The minimum absolute atomic E-state index is 0.142. The predicted molar refractivity (Wildman–Crippen MR) is 125 cm³/mol. The van der Waals surface area contributed by atoms with Gasteiger partial charge in [0.2, 0.25) is 0 Å². The molecule has 0 bridgehead atoms. The summed E-state index contributed by atoms with van der Waals surface area (Å²) in [6.45, 7) is 7.41. The number of carbonyl (C=O) groups is 1. The Kier molecular flexibility index (Phi) is 6.80. The summed E-state index contributed by atoms with van der Waals surface area (Å²) in [6.07, 6.45) is 1.56. The van der Waals surface area contributed by atoms with Crippen LogP contribution >= 0.6 is 11.3 Å². The molecule has 2 heterocycles. The van der Waals surface area contributed by atoms with Gasteiger partial charge in [0.05, 0.1) is 6.10 Å². The molecule has 1 saturated heterocycles. The molecule has 4 rings (SSSR count). The molecule has 0 spiro atoms. The number of thiazole rings is 1. The Morgan fingerprint density at radius 2 is 1.84 bits per heavy atom. The molecule has 1 amide bonds. The Labute approximate surface area is 187 Å². The van der Waals surface area contributed by atoms with Gasteiger partial charge in [0.15, 0.2) is 0 Å². The fourth-order valence-corrected chi connectivity index (χ4v) is 4.82. The van der Waals surface area contributed by atoms with Crippen molar-refractivity contribution in [3.63, 3.8) is 0 Å². The second-order valence-corrected chi connectivity index (χ2v) is 9.22. The molecule has 5 nitrogen and oxygen atoms in total. The van der Waals surface area contributed by atoms with Crippen molar-refractivity contribution in [3.05, 3.63) is 75.8 Å². The largest absolute Gasteiger partial charge is 0.393 e. The van der Waals surface area contributed by atoms with Crippen LogP contribution in [0.5, 0.6) is 0 Å². The van der Waals surface area contributed by atoms with Crippen molar-refractivity contribution < 1.29 is 9.90 Å².